The highest BCUT2D eigenvalue weighted by Crippen LogP contribution is 2.29. The van der Waals surface area contributed by atoms with Crippen molar-refractivity contribution in [2.75, 3.05) is 36.0 Å². The maximum atomic E-state index is 12.9. The van der Waals surface area contributed by atoms with Crippen LogP contribution in [0.1, 0.15) is 24.1 Å². The lowest BCUT2D eigenvalue weighted by Crippen LogP contribution is -2.47. The number of hydrogen-bond acceptors (Lipinski definition) is 8. The topological polar surface area (TPSA) is 131 Å². The highest BCUT2D eigenvalue weighted by molar-refractivity contribution is 5.58. The largest absolute Gasteiger partial charge is 0.493 e. The molecule has 4 aromatic heterocycles. The van der Waals surface area contributed by atoms with Gasteiger partial charge in [0, 0.05) is 43.7 Å². The third kappa shape index (κ3) is 4.61. The Morgan fingerprint density at radius 1 is 1.05 bits per heavy atom. The summed E-state index contributed by atoms with van der Waals surface area (Å²) in [4.78, 5) is 33.9. The zero-order valence-corrected chi connectivity index (χ0v) is 19.4. The van der Waals surface area contributed by atoms with Crippen LogP contribution in [0.5, 0.6) is 5.88 Å². The minimum Gasteiger partial charge on any atom is -0.493 e. The summed E-state index contributed by atoms with van der Waals surface area (Å²) >= 11 is 0. The van der Waals surface area contributed by atoms with Gasteiger partial charge in [0.2, 0.25) is 5.88 Å². The lowest BCUT2D eigenvalue weighted by Gasteiger charge is -2.36. The molecule has 0 unspecified atom stereocenters. The number of H-pyrrole nitrogens is 2. The minimum atomic E-state index is -4.42. The molecule has 2 fully saturated rings. The zero-order valence-electron chi connectivity index (χ0n) is 19.4. The summed E-state index contributed by atoms with van der Waals surface area (Å²) in [6.07, 6.45) is 1.64. The Labute approximate surface area is 206 Å². The molecule has 11 nitrogen and oxygen atoms in total. The number of aromatic nitrogens is 6. The number of aromatic hydroxyl groups is 1. The van der Waals surface area contributed by atoms with E-state index in [-0.39, 0.29) is 17.6 Å². The molecule has 14 heteroatoms. The van der Waals surface area contributed by atoms with Crippen LogP contribution in [0.25, 0.3) is 11.7 Å². The van der Waals surface area contributed by atoms with Crippen molar-refractivity contribution < 1.29 is 18.3 Å². The molecular formula is C23H22F3N9O2. The Hall–Kier alpha value is -4.36. The van der Waals surface area contributed by atoms with E-state index in [9.17, 15) is 23.1 Å². The van der Waals surface area contributed by atoms with E-state index in [0.29, 0.717) is 54.2 Å². The van der Waals surface area contributed by atoms with E-state index in [0.717, 1.165) is 25.1 Å². The van der Waals surface area contributed by atoms with Crippen LogP contribution in [0.4, 0.5) is 24.8 Å². The molecule has 1 saturated heterocycles. The molecule has 0 radical (unpaired) electrons. The number of alkyl halides is 3. The van der Waals surface area contributed by atoms with Crippen LogP contribution < -0.4 is 26.2 Å². The molecule has 192 valence electrons. The van der Waals surface area contributed by atoms with E-state index in [1.54, 1.807) is 16.8 Å². The Bertz CT molecular complexity index is 1630. The van der Waals surface area contributed by atoms with Crippen molar-refractivity contribution in [3.8, 4) is 5.88 Å². The highest BCUT2D eigenvalue weighted by Gasteiger charge is 2.31. The summed E-state index contributed by atoms with van der Waals surface area (Å²) < 4.78 is 40.2. The minimum absolute atomic E-state index is 0.213. The van der Waals surface area contributed by atoms with Crippen LogP contribution >= 0.6 is 0 Å². The summed E-state index contributed by atoms with van der Waals surface area (Å²) in [5.74, 6) is 0.902. The van der Waals surface area contributed by atoms with Crippen molar-refractivity contribution in [2.24, 2.45) is 4.99 Å². The second-order valence-electron chi connectivity index (χ2n) is 9.03. The predicted molar refractivity (Wildman–Crippen MR) is 127 cm³/mol. The average Bonchev–Trinajstić information content (AvgIpc) is 3.51. The van der Waals surface area contributed by atoms with Crippen molar-refractivity contribution >= 4 is 23.4 Å². The van der Waals surface area contributed by atoms with Gasteiger partial charge in [0.25, 0.3) is 0 Å². The van der Waals surface area contributed by atoms with Gasteiger partial charge in [0.1, 0.15) is 17.3 Å². The van der Waals surface area contributed by atoms with Gasteiger partial charge >= 0.3 is 11.9 Å². The normalized spacial score (nSPS) is 17.8. The molecule has 0 amide bonds. The smallest absolute Gasteiger partial charge is 0.417 e. The van der Waals surface area contributed by atoms with Gasteiger partial charge in [0.15, 0.2) is 11.1 Å². The molecular weight excluding hydrogens is 491 g/mol. The molecule has 2 aliphatic rings. The fourth-order valence-electron chi connectivity index (χ4n) is 4.25. The Balaban J connectivity index is 1.31. The number of anilines is 2. The van der Waals surface area contributed by atoms with Crippen LogP contribution in [-0.4, -0.2) is 66.9 Å². The fraction of sp³-hybridized carbons (Fsp3) is 0.348. The SMILES string of the molecule is O=c1[nH]c(O)c(/C=c2/cnn3c(=NC4CC4)cc(N4CCN(c5ccc(C(F)(F)F)cn5)CC4)nc23)[nH]1. The number of pyridine rings is 1. The second kappa shape index (κ2) is 8.64. The molecule has 1 aliphatic carbocycles. The number of aromatic amines is 2. The molecule has 0 atom stereocenters. The van der Waals surface area contributed by atoms with Crippen LogP contribution in [0.3, 0.4) is 0 Å². The lowest BCUT2D eigenvalue weighted by molar-refractivity contribution is -0.137. The number of halogens is 3. The van der Waals surface area contributed by atoms with E-state index < -0.39 is 17.4 Å². The van der Waals surface area contributed by atoms with Gasteiger partial charge in [0.05, 0.1) is 17.8 Å². The molecule has 4 aromatic rings. The van der Waals surface area contributed by atoms with E-state index in [1.807, 2.05) is 11.0 Å². The van der Waals surface area contributed by atoms with E-state index in [1.165, 1.54) is 6.07 Å². The van der Waals surface area contributed by atoms with Crippen molar-refractivity contribution in [1.82, 2.24) is 29.5 Å². The molecule has 6 rings (SSSR count). The van der Waals surface area contributed by atoms with Gasteiger partial charge in [-0.05, 0) is 31.1 Å². The molecule has 1 aliphatic heterocycles. The highest BCUT2D eigenvalue weighted by atomic mass is 19.4. The maximum absolute atomic E-state index is 12.9. The first kappa shape index (κ1) is 23.1. The second-order valence-corrected chi connectivity index (χ2v) is 9.03. The van der Waals surface area contributed by atoms with Crippen LogP contribution in [0, 0.1) is 0 Å². The Kier molecular flexibility index (Phi) is 5.38. The van der Waals surface area contributed by atoms with Crippen LogP contribution in [0.15, 0.2) is 40.4 Å². The molecule has 0 aromatic carbocycles. The van der Waals surface area contributed by atoms with E-state index in [4.69, 9.17) is 9.98 Å². The van der Waals surface area contributed by atoms with Gasteiger partial charge < -0.3 is 19.9 Å². The zero-order chi connectivity index (χ0) is 25.7. The quantitative estimate of drug-likeness (QED) is 0.368. The Morgan fingerprint density at radius 2 is 1.78 bits per heavy atom. The number of hydrogen-bond donors (Lipinski definition) is 3. The van der Waals surface area contributed by atoms with Crippen molar-refractivity contribution in [1.29, 1.82) is 0 Å². The number of imidazole rings is 1. The molecule has 3 N–H and O–H groups in total. The van der Waals surface area contributed by atoms with E-state index in [2.05, 4.69) is 25.0 Å². The molecule has 1 saturated carbocycles. The van der Waals surface area contributed by atoms with Crippen molar-refractivity contribution in [3.05, 3.63) is 63.0 Å². The van der Waals surface area contributed by atoms with Crippen LogP contribution in [-0.2, 0) is 6.18 Å². The molecule has 5 heterocycles. The standard InChI is InChI=1S/C23H22F3N9O2/c24-23(25,26)14-1-4-17(27-12-14)33-5-7-34(8-6-33)18-10-19(29-15-2-3-15)35-20(31-18)13(11-28-35)9-16-21(36)32-22(37)30-16/h1,4,9-12,15,36H,2-3,5-8H2,(H2,30,32,37)/b13-9-,29-19?. The number of rotatable bonds is 4. The number of fused-ring (bicyclic) bond motifs is 1. The first-order chi connectivity index (χ1) is 17.7. The van der Waals surface area contributed by atoms with Crippen molar-refractivity contribution in [2.45, 2.75) is 25.1 Å². The molecule has 0 bridgehead atoms. The number of piperazine rings is 1. The molecule has 0 spiro atoms. The summed E-state index contributed by atoms with van der Waals surface area (Å²) in [6.45, 7) is 2.26. The third-order valence-electron chi connectivity index (χ3n) is 6.37. The van der Waals surface area contributed by atoms with Gasteiger partial charge in [-0.15, -0.1) is 0 Å². The average molecular weight is 513 g/mol. The van der Waals surface area contributed by atoms with Crippen LogP contribution in [0.2, 0.25) is 0 Å². The van der Waals surface area contributed by atoms with Gasteiger partial charge in [-0.2, -0.15) is 22.8 Å². The predicted octanol–water partition coefficient (Wildman–Crippen LogP) is 0.803. The fourth-order valence-corrected chi connectivity index (χ4v) is 4.25. The van der Waals surface area contributed by atoms with Gasteiger partial charge in [-0.25, -0.2) is 14.8 Å². The summed E-state index contributed by atoms with van der Waals surface area (Å²) in [5.41, 5.74) is 0.0832. The lowest BCUT2D eigenvalue weighted by atomic mass is 10.2. The monoisotopic (exact) mass is 513 g/mol. The summed E-state index contributed by atoms with van der Waals surface area (Å²) in [7, 11) is 0. The van der Waals surface area contributed by atoms with E-state index >= 15 is 0 Å². The summed E-state index contributed by atoms with van der Waals surface area (Å²) in [5, 5.41) is 15.0. The van der Waals surface area contributed by atoms with Crippen molar-refractivity contribution in [3.63, 3.8) is 0 Å². The summed E-state index contributed by atoms with van der Waals surface area (Å²) in [6, 6.07) is 4.56. The first-order valence-electron chi connectivity index (χ1n) is 11.7. The number of nitrogens with zero attached hydrogens (tertiary/aromatic N) is 7. The maximum Gasteiger partial charge on any atom is 0.417 e. The third-order valence-corrected chi connectivity index (χ3v) is 6.37. The van der Waals surface area contributed by atoms with Gasteiger partial charge in [-0.1, -0.05) is 0 Å². The van der Waals surface area contributed by atoms with Gasteiger partial charge in [-0.3, -0.25) is 9.98 Å². The Morgan fingerprint density at radius 3 is 2.38 bits per heavy atom. The molecule has 37 heavy (non-hydrogen) atoms. The number of nitrogens with one attached hydrogen (secondary N) is 2. The first-order valence-corrected chi connectivity index (χ1v) is 11.7.